The number of benzene rings is 3. The van der Waals surface area contributed by atoms with Crippen molar-refractivity contribution in [2.75, 3.05) is 26.2 Å². The van der Waals surface area contributed by atoms with E-state index in [1.54, 1.807) is 0 Å². The summed E-state index contributed by atoms with van der Waals surface area (Å²) in [7, 11) is 0. The van der Waals surface area contributed by atoms with Gasteiger partial charge in [0, 0.05) is 6.54 Å². The Hall–Kier alpha value is -2.10. The predicted molar refractivity (Wildman–Crippen MR) is 111 cm³/mol. The number of rotatable bonds is 7. The first-order valence-corrected chi connectivity index (χ1v) is 9.04. The lowest BCUT2D eigenvalue weighted by Gasteiger charge is -2.17. The van der Waals surface area contributed by atoms with Crippen molar-refractivity contribution in [1.29, 1.82) is 0 Å². The van der Waals surface area contributed by atoms with E-state index in [0.29, 0.717) is 12.2 Å². The summed E-state index contributed by atoms with van der Waals surface area (Å²) >= 11 is 0. The van der Waals surface area contributed by atoms with Gasteiger partial charge in [-0.1, -0.05) is 62.4 Å². The van der Waals surface area contributed by atoms with Gasteiger partial charge in [0.15, 0.2) is 0 Å². The number of carbonyl (C=O) groups excluding carboxylic acids is 1. The summed E-state index contributed by atoms with van der Waals surface area (Å²) in [4.78, 5) is 15.2. The van der Waals surface area contributed by atoms with E-state index < -0.39 is 0 Å². The lowest BCUT2D eigenvalue weighted by atomic mass is 9.97. The quantitative estimate of drug-likeness (QED) is 0.320. The minimum absolute atomic E-state index is 0. The molecule has 0 amide bonds. The average Bonchev–Trinajstić information content (AvgIpc) is 2.66. The van der Waals surface area contributed by atoms with Crippen LogP contribution < -0.4 is 0 Å². The van der Waals surface area contributed by atoms with Gasteiger partial charge in [-0.3, -0.25) is 0 Å². The van der Waals surface area contributed by atoms with E-state index in [0.717, 1.165) is 47.6 Å². The van der Waals surface area contributed by atoms with E-state index in [2.05, 4.69) is 24.8 Å². The van der Waals surface area contributed by atoms with Crippen molar-refractivity contribution < 1.29 is 9.53 Å². The van der Waals surface area contributed by atoms with E-state index in [1.807, 2.05) is 48.5 Å². The highest BCUT2D eigenvalue weighted by atomic mass is 35.5. The third-order valence-electron chi connectivity index (χ3n) is 4.72. The SMILES string of the molecule is CCN(CC)CCCOC(=O)c1c2ccccc2cc2ccccc12.Cl. The standard InChI is InChI=1S/C22H25NO2.ClH/c1-3-23(4-2)14-9-15-25-22(24)21-19-12-7-5-10-17(19)16-18-11-6-8-13-20(18)21;/h5-8,10-13,16H,3-4,9,14-15H2,1-2H3;1H. The molecule has 0 fully saturated rings. The molecular weight excluding hydrogens is 346 g/mol. The summed E-state index contributed by atoms with van der Waals surface area (Å²) in [5.41, 5.74) is 0.677. The molecule has 26 heavy (non-hydrogen) atoms. The molecule has 0 saturated carbocycles. The molecule has 4 heteroatoms. The zero-order chi connectivity index (χ0) is 17.6. The van der Waals surface area contributed by atoms with Crippen LogP contribution in [0.5, 0.6) is 0 Å². The van der Waals surface area contributed by atoms with E-state index in [1.165, 1.54) is 0 Å². The number of nitrogens with zero attached hydrogens (tertiary/aromatic N) is 1. The van der Waals surface area contributed by atoms with Gasteiger partial charge >= 0.3 is 5.97 Å². The fourth-order valence-corrected chi connectivity index (χ4v) is 3.30. The number of hydrogen-bond acceptors (Lipinski definition) is 3. The highest BCUT2D eigenvalue weighted by Crippen LogP contribution is 2.29. The number of fused-ring (bicyclic) bond motifs is 2. The molecule has 0 aliphatic carbocycles. The molecule has 0 radical (unpaired) electrons. The van der Waals surface area contributed by atoms with Gasteiger partial charge in [0.2, 0.25) is 0 Å². The molecule has 0 spiro atoms. The van der Waals surface area contributed by atoms with E-state index in [-0.39, 0.29) is 18.4 Å². The van der Waals surface area contributed by atoms with Crippen LogP contribution in [0.25, 0.3) is 21.5 Å². The summed E-state index contributed by atoms with van der Waals surface area (Å²) in [6.07, 6.45) is 0.857. The van der Waals surface area contributed by atoms with E-state index in [4.69, 9.17) is 4.74 Å². The Morgan fingerprint density at radius 3 is 2.00 bits per heavy atom. The monoisotopic (exact) mass is 371 g/mol. The van der Waals surface area contributed by atoms with E-state index in [9.17, 15) is 4.79 Å². The second-order valence-electron chi connectivity index (χ2n) is 6.21. The Labute approximate surface area is 161 Å². The molecule has 3 aromatic carbocycles. The minimum atomic E-state index is -0.229. The molecule has 0 unspecified atom stereocenters. The molecule has 3 nitrogen and oxygen atoms in total. The molecule has 0 aliphatic rings. The number of halogens is 1. The van der Waals surface area contributed by atoms with E-state index >= 15 is 0 Å². The van der Waals surface area contributed by atoms with Gasteiger partial charge in [0.1, 0.15) is 0 Å². The van der Waals surface area contributed by atoms with Crippen LogP contribution in [0.3, 0.4) is 0 Å². The molecule has 0 aromatic heterocycles. The summed E-state index contributed by atoms with van der Waals surface area (Å²) in [6.45, 7) is 7.76. The number of ether oxygens (including phenoxy) is 1. The number of esters is 1. The van der Waals surface area contributed by atoms with Crippen LogP contribution >= 0.6 is 12.4 Å². The third-order valence-corrected chi connectivity index (χ3v) is 4.72. The van der Waals surface area contributed by atoms with Crippen molar-refractivity contribution in [3.63, 3.8) is 0 Å². The van der Waals surface area contributed by atoms with Crippen molar-refractivity contribution >= 4 is 39.9 Å². The Kier molecular flexibility index (Phi) is 7.43. The van der Waals surface area contributed by atoms with Crippen LogP contribution in [0.1, 0.15) is 30.6 Å². The van der Waals surface area contributed by atoms with Gasteiger partial charge in [0.25, 0.3) is 0 Å². The summed E-state index contributed by atoms with van der Waals surface area (Å²) < 4.78 is 5.62. The molecule has 138 valence electrons. The van der Waals surface area contributed by atoms with Crippen LogP contribution in [-0.2, 0) is 4.74 Å². The lowest BCUT2D eigenvalue weighted by Crippen LogP contribution is -2.25. The molecule has 0 bridgehead atoms. The fourth-order valence-electron chi connectivity index (χ4n) is 3.30. The molecule has 0 aliphatic heterocycles. The molecule has 0 atom stereocenters. The van der Waals surface area contributed by atoms with Gasteiger partial charge < -0.3 is 9.64 Å². The molecule has 3 rings (SSSR count). The first-order valence-electron chi connectivity index (χ1n) is 9.04. The number of hydrogen-bond donors (Lipinski definition) is 0. The first-order chi connectivity index (χ1) is 12.2. The largest absolute Gasteiger partial charge is 0.462 e. The topological polar surface area (TPSA) is 29.5 Å². The van der Waals surface area contributed by atoms with Gasteiger partial charge in [0.05, 0.1) is 12.2 Å². The highest BCUT2D eigenvalue weighted by molar-refractivity contribution is 6.16. The van der Waals surface area contributed by atoms with Gasteiger partial charge in [-0.15, -0.1) is 12.4 Å². The Bertz CT molecular complexity index is 820. The zero-order valence-corrected chi connectivity index (χ0v) is 16.2. The molecule has 0 heterocycles. The zero-order valence-electron chi connectivity index (χ0n) is 15.4. The average molecular weight is 372 g/mol. The van der Waals surface area contributed by atoms with Crippen molar-refractivity contribution in [2.24, 2.45) is 0 Å². The van der Waals surface area contributed by atoms with Crippen molar-refractivity contribution in [1.82, 2.24) is 4.90 Å². The van der Waals surface area contributed by atoms with Crippen molar-refractivity contribution in [2.45, 2.75) is 20.3 Å². The van der Waals surface area contributed by atoms with Crippen LogP contribution in [0, 0.1) is 0 Å². The summed E-state index contributed by atoms with van der Waals surface area (Å²) in [6, 6.07) is 18.1. The van der Waals surface area contributed by atoms with Gasteiger partial charge in [-0.2, -0.15) is 0 Å². The fraction of sp³-hybridized carbons (Fsp3) is 0.318. The van der Waals surface area contributed by atoms with Crippen LogP contribution in [-0.4, -0.2) is 37.1 Å². The second-order valence-corrected chi connectivity index (χ2v) is 6.21. The minimum Gasteiger partial charge on any atom is -0.462 e. The Morgan fingerprint density at radius 1 is 0.923 bits per heavy atom. The summed E-state index contributed by atoms with van der Waals surface area (Å²) in [5.74, 6) is -0.229. The van der Waals surface area contributed by atoms with Crippen molar-refractivity contribution in [3.8, 4) is 0 Å². The highest BCUT2D eigenvalue weighted by Gasteiger charge is 2.16. The molecule has 0 saturated heterocycles. The molecule has 0 N–H and O–H groups in total. The normalized spacial score (nSPS) is 10.9. The Morgan fingerprint density at radius 2 is 1.46 bits per heavy atom. The maximum absolute atomic E-state index is 12.8. The first kappa shape index (κ1) is 20.2. The van der Waals surface area contributed by atoms with Crippen LogP contribution in [0.4, 0.5) is 0 Å². The maximum Gasteiger partial charge on any atom is 0.339 e. The summed E-state index contributed by atoms with van der Waals surface area (Å²) in [5, 5.41) is 4.04. The smallest absolute Gasteiger partial charge is 0.339 e. The predicted octanol–water partition coefficient (Wildman–Crippen LogP) is 5.30. The third kappa shape index (κ3) is 4.35. The second kappa shape index (κ2) is 9.56. The van der Waals surface area contributed by atoms with Crippen LogP contribution in [0.15, 0.2) is 54.6 Å². The number of carbonyl (C=O) groups is 1. The lowest BCUT2D eigenvalue weighted by molar-refractivity contribution is 0.0494. The maximum atomic E-state index is 12.8. The molecular formula is C22H26ClNO2. The van der Waals surface area contributed by atoms with Crippen molar-refractivity contribution in [3.05, 3.63) is 60.2 Å². The Balaban J connectivity index is 0.00000243. The van der Waals surface area contributed by atoms with Gasteiger partial charge in [-0.05, 0) is 47.1 Å². The molecule has 3 aromatic rings. The van der Waals surface area contributed by atoms with Gasteiger partial charge in [-0.25, -0.2) is 4.79 Å². The van der Waals surface area contributed by atoms with Crippen LogP contribution in [0.2, 0.25) is 0 Å².